The summed E-state index contributed by atoms with van der Waals surface area (Å²) < 4.78 is 0. The van der Waals surface area contributed by atoms with E-state index in [9.17, 15) is 48.9 Å². The van der Waals surface area contributed by atoms with Crippen molar-refractivity contribution in [3.8, 4) is 11.5 Å². The Hall–Kier alpha value is -5.36. The molecule has 56 heavy (non-hydrogen) atoms. The monoisotopic (exact) mass is 795 g/mol. The molecule has 302 valence electrons. The maximum atomic E-state index is 14.3. The number of benzene rings is 2. The van der Waals surface area contributed by atoms with Gasteiger partial charge in [0.1, 0.15) is 41.7 Å². The Morgan fingerprint density at radius 2 is 1.18 bits per heavy atom. The van der Waals surface area contributed by atoms with Crippen LogP contribution < -0.4 is 21.7 Å². The number of hydrogen-bond acceptors (Lipinski definition) is 11. The van der Waals surface area contributed by atoms with Gasteiger partial charge in [-0.2, -0.15) is 12.6 Å². The molecule has 0 aromatic heterocycles. The zero-order valence-corrected chi connectivity index (χ0v) is 31.7. The van der Waals surface area contributed by atoms with Gasteiger partial charge in [-0.05, 0) is 80.3 Å². The van der Waals surface area contributed by atoms with E-state index in [4.69, 9.17) is 5.73 Å². The van der Waals surface area contributed by atoms with Gasteiger partial charge in [0.25, 0.3) is 0 Å². The molecule has 0 bridgehead atoms. The van der Waals surface area contributed by atoms with Crippen LogP contribution >= 0.6 is 12.6 Å². The Bertz CT molecular complexity index is 1780. The van der Waals surface area contributed by atoms with Gasteiger partial charge in [0.2, 0.25) is 35.4 Å². The molecule has 3 saturated heterocycles. The molecule has 17 nitrogen and oxygen atoms in total. The number of carbonyl (C=O) groups is 7. The molecular weight excluding hydrogens is 747 g/mol. The second-order valence-electron chi connectivity index (χ2n) is 14.3. The second kappa shape index (κ2) is 19.0. The number of phenols is 2. The standard InChI is InChI=1S/C38H49N7O10S/c39-26(18-22-7-11-24(46)12-8-22)33(49)40-20-32(48)41-27(19-23-9-13-25(47)14-10-23)35(51)44-16-2-5-30(44)37(53)45-17-3-6-31(45)36(52)43-15-1-4-29(43)34(50)42-28(21-56)38(54)55/h7-14,26-31,46-47,56H,1-6,15-21,39H2,(H,40,49)(H,41,48)(H,42,50)(H,54,55)/t26-,27-,28-,29-,30-,31-/m0/s1. The highest BCUT2D eigenvalue weighted by Gasteiger charge is 2.46. The first-order valence-electron chi connectivity index (χ1n) is 18.7. The van der Waals surface area contributed by atoms with E-state index in [2.05, 4.69) is 28.6 Å². The van der Waals surface area contributed by atoms with Crippen LogP contribution in [0, 0.1) is 0 Å². The van der Waals surface area contributed by atoms with E-state index in [1.807, 2.05) is 0 Å². The predicted octanol–water partition coefficient (Wildman–Crippen LogP) is -0.716. The molecule has 2 aromatic rings. The number of likely N-dealkylation sites (tertiary alicyclic amines) is 3. The number of thiol groups is 1. The van der Waals surface area contributed by atoms with Gasteiger partial charge >= 0.3 is 5.97 Å². The third-order valence-electron chi connectivity index (χ3n) is 10.4. The zero-order valence-electron chi connectivity index (χ0n) is 30.8. The van der Waals surface area contributed by atoms with Gasteiger partial charge in [0.05, 0.1) is 12.6 Å². The van der Waals surface area contributed by atoms with E-state index in [1.165, 1.54) is 39.0 Å². The average Bonchev–Trinajstić information content (AvgIpc) is 3.98. The molecule has 0 aliphatic carbocycles. The number of phenolic OH excluding ortho intramolecular Hbond substituents is 2. The number of nitrogens with two attached hydrogens (primary N) is 1. The Morgan fingerprint density at radius 3 is 1.71 bits per heavy atom. The Morgan fingerprint density at radius 1 is 0.696 bits per heavy atom. The van der Waals surface area contributed by atoms with Crippen molar-refractivity contribution in [2.75, 3.05) is 31.9 Å². The van der Waals surface area contributed by atoms with E-state index < -0.39 is 84.2 Å². The van der Waals surface area contributed by atoms with Gasteiger partial charge in [0, 0.05) is 31.8 Å². The molecule has 0 spiro atoms. The predicted molar refractivity (Wildman–Crippen MR) is 204 cm³/mol. The highest BCUT2D eigenvalue weighted by molar-refractivity contribution is 7.80. The normalized spacial score (nSPS) is 20.9. The van der Waals surface area contributed by atoms with E-state index in [0.717, 1.165) is 0 Å². The fraction of sp³-hybridized carbons (Fsp3) is 0.500. The van der Waals surface area contributed by atoms with Crippen molar-refractivity contribution in [2.45, 2.75) is 87.6 Å². The molecule has 3 aliphatic rings. The van der Waals surface area contributed by atoms with Gasteiger partial charge in [-0.1, -0.05) is 24.3 Å². The number of aromatic hydroxyl groups is 2. The molecule has 5 rings (SSSR count). The first kappa shape index (κ1) is 41.8. The number of carboxylic acid groups (broad SMARTS) is 1. The van der Waals surface area contributed by atoms with Crippen molar-refractivity contribution in [2.24, 2.45) is 5.73 Å². The summed E-state index contributed by atoms with van der Waals surface area (Å²) in [5.74, 6) is -4.53. The average molecular weight is 796 g/mol. The highest BCUT2D eigenvalue weighted by atomic mass is 32.1. The Kier molecular flexibility index (Phi) is 14.2. The van der Waals surface area contributed by atoms with Crippen molar-refractivity contribution >= 4 is 54.0 Å². The summed E-state index contributed by atoms with van der Waals surface area (Å²) in [7, 11) is 0. The minimum atomic E-state index is -1.24. The topological polar surface area (TPSA) is 252 Å². The first-order valence-corrected chi connectivity index (χ1v) is 19.3. The van der Waals surface area contributed by atoms with Gasteiger partial charge in [-0.15, -0.1) is 0 Å². The van der Waals surface area contributed by atoms with Gasteiger partial charge in [-0.3, -0.25) is 28.8 Å². The summed E-state index contributed by atoms with van der Waals surface area (Å²) in [4.78, 5) is 97.2. The third kappa shape index (κ3) is 10.3. The maximum Gasteiger partial charge on any atom is 0.327 e. The third-order valence-corrected chi connectivity index (χ3v) is 10.8. The lowest BCUT2D eigenvalue weighted by Crippen LogP contribution is -2.58. The minimum absolute atomic E-state index is 0.00919. The number of amides is 6. The number of carboxylic acids is 1. The van der Waals surface area contributed by atoms with Crippen molar-refractivity contribution in [1.29, 1.82) is 0 Å². The van der Waals surface area contributed by atoms with Gasteiger partial charge in [0.15, 0.2) is 0 Å². The molecule has 8 N–H and O–H groups in total. The number of rotatable bonds is 15. The van der Waals surface area contributed by atoms with Crippen LogP contribution in [-0.4, -0.2) is 140 Å². The molecular formula is C38H49N7O10S. The highest BCUT2D eigenvalue weighted by Crippen LogP contribution is 2.29. The van der Waals surface area contributed by atoms with E-state index in [1.54, 1.807) is 24.3 Å². The minimum Gasteiger partial charge on any atom is -0.508 e. The van der Waals surface area contributed by atoms with E-state index >= 15 is 0 Å². The summed E-state index contributed by atoms with van der Waals surface area (Å²) >= 11 is 4.00. The van der Waals surface area contributed by atoms with Crippen molar-refractivity contribution in [1.82, 2.24) is 30.7 Å². The summed E-state index contributed by atoms with van der Waals surface area (Å²) in [5, 5.41) is 36.3. The van der Waals surface area contributed by atoms with Gasteiger partial charge < -0.3 is 51.7 Å². The molecule has 0 unspecified atom stereocenters. The van der Waals surface area contributed by atoms with Gasteiger partial charge in [-0.25, -0.2) is 4.79 Å². The second-order valence-corrected chi connectivity index (χ2v) is 14.7. The molecule has 3 heterocycles. The lowest BCUT2D eigenvalue weighted by atomic mass is 10.0. The summed E-state index contributed by atoms with van der Waals surface area (Å²) in [6.45, 7) is 0.270. The lowest BCUT2D eigenvalue weighted by Gasteiger charge is -2.35. The quantitative estimate of drug-likeness (QED) is 0.105. The fourth-order valence-corrected chi connectivity index (χ4v) is 7.75. The number of nitrogens with zero attached hydrogens (tertiary/aromatic N) is 3. The van der Waals surface area contributed by atoms with Crippen LogP contribution in [0.15, 0.2) is 48.5 Å². The van der Waals surface area contributed by atoms with Crippen LogP contribution in [0.3, 0.4) is 0 Å². The molecule has 0 saturated carbocycles. The van der Waals surface area contributed by atoms with Crippen molar-refractivity contribution < 1.29 is 48.9 Å². The number of aliphatic carboxylic acids is 1. The number of hydrogen-bond donors (Lipinski definition) is 8. The maximum absolute atomic E-state index is 14.3. The Labute approximate surface area is 329 Å². The largest absolute Gasteiger partial charge is 0.508 e. The van der Waals surface area contributed by atoms with Crippen molar-refractivity contribution in [3.05, 3.63) is 59.7 Å². The summed E-state index contributed by atoms with van der Waals surface area (Å²) in [6, 6.07) is 6.24. The van der Waals surface area contributed by atoms with Crippen molar-refractivity contribution in [3.63, 3.8) is 0 Å². The lowest BCUT2D eigenvalue weighted by molar-refractivity contribution is -0.151. The van der Waals surface area contributed by atoms with Crippen LogP contribution in [0.4, 0.5) is 0 Å². The fourth-order valence-electron chi connectivity index (χ4n) is 7.50. The van der Waals surface area contributed by atoms with Crippen LogP contribution in [-0.2, 0) is 46.4 Å². The first-order chi connectivity index (χ1) is 26.8. The molecule has 0 radical (unpaired) electrons. The molecule has 6 amide bonds. The molecule has 2 aromatic carbocycles. The van der Waals surface area contributed by atoms with Crippen LogP contribution in [0.25, 0.3) is 0 Å². The number of nitrogens with one attached hydrogen (secondary N) is 3. The van der Waals surface area contributed by atoms with Crippen LogP contribution in [0.5, 0.6) is 11.5 Å². The molecule has 18 heteroatoms. The number of carbonyl (C=O) groups excluding carboxylic acids is 6. The SMILES string of the molecule is N[C@@H](Cc1ccc(O)cc1)C(=O)NCC(=O)N[C@@H](Cc1ccc(O)cc1)C(=O)N1CCC[C@H]1C(=O)N1CCC[C@H]1C(=O)N1CCC[C@H]1C(=O)N[C@@H](CS)C(=O)O. The van der Waals surface area contributed by atoms with E-state index in [0.29, 0.717) is 49.7 Å². The van der Waals surface area contributed by atoms with E-state index in [-0.39, 0.29) is 49.7 Å². The summed E-state index contributed by atoms with van der Waals surface area (Å²) in [6.07, 6.45) is 2.73. The smallest absolute Gasteiger partial charge is 0.327 e. The molecule has 3 fully saturated rings. The molecule has 6 atom stereocenters. The van der Waals surface area contributed by atoms with Crippen LogP contribution in [0.1, 0.15) is 49.7 Å². The van der Waals surface area contributed by atoms with Crippen LogP contribution in [0.2, 0.25) is 0 Å². The summed E-state index contributed by atoms with van der Waals surface area (Å²) in [5.41, 5.74) is 7.36. The zero-order chi connectivity index (χ0) is 40.5. The molecule has 3 aliphatic heterocycles. The Balaban J connectivity index is 1.25.